The number of rotatable bonds is 5. The standard InChI is InChI=1S/C15H24O/c1-12(2)8-6-9-13(3)10-7-11-14(4)15(5)16/h7-8,10-11,16H,6,9H2,1-5H3. The SMILES string of the molecule is CC(C)=CCCC(C)=CC=CC(C)=C(C)O. The van der Waals surface area contributed by atoms with Crippen LogP contribution in [-0.2, 0) is 0 Å². The zero-order valence-electron chi connectivity index (χ0n) is 11.2. The van der Waals surface area contributed by atoms with Crippen molar-refractivity contribution in [1.29, 1.82) is 0 Å². The van der Waals surface area contributed by atoms with E-state index in [-0.39, 0.29) is 0 Å². The molecule has 0 bridgehead atoms. The second kappa shape index (κ2) is 7.98. The summed E-state index contributed by atoms with van der Waals surface area (Å²) < 4.78 is 0. The maximum atomic E-state index is 9.19. The van der Waals surface area contributed by atoms with Crippen molar-refractivity contribution in [2.45, 2.75) is 47.5 Å². The number of aliphatic hydroxyl groups is 1. The van der Waals surface area contributed by atoms with Crippen molar-refractivity contribution in [3.63, 3.8) is 0 Å². The third-order valence-electron chi connectivity index (χ3n) is 2.39. The second-order valence-corrected chi connectivity index (χ2v) is 4.46. The van der Waals surface area contributed by atoms with Crippen LogP contribution in [0.3, 0.4) is 0 Å². The van der Waals surface area contributed by atoms with Crippen LogP contribution in [0.1, 0.15) is 47.5 Å². The molecule has 0 rings (SSSR count). The third-order valence-corrected chi connectivity index (χ3v) is 2.39. The van der Waals surface area contributed by atoms with E-state index in [1.807, 2.05) is 19.1 Å². The molecule has 0 aliphatic carbocycles. The van der Waals surface area contributed by atoms with Gasteiger partial charge in [0.25, 0.3) is 0 Å². The monoisotopic (exact) mass is 220 g/mol. The third kappa shape index (κ3) is 8.10. The Kier molecular flexibility index (Phi) is 7.36. The predicted octanol–water partition coefficient (Wildman–Crippen LogP) is 5.09. The molecule has 0 aliphatic heterocycles. The largest absolute Gasteiger partial charge is 0.512 e. The van der Waals surface area contributed by atoms with Gasteiger partial charge in [-0.15, -0.1) is 0 Å². The molecule has 0 spiro atoms. The van der Waals surface area contributed by atoms with E-state index in [0.717, 1.165) is 18.4 Å². The Hall–Kier alpha value is -1.24. The number of allylic oxidation sites excluding steroid dienone is 8. The molecule has 0 aromatic heterocycles. The van der Waals surface area contributed by atoms with E-state index in [2.05, 4.69) is 32.9 Å². The van der Waals surface area contributed by atoms with Gasteiger partial charge in [-0.05, 0) is 53.0 Å². The van der Waals surface area contributed by atoms with Crippen molar-refractivity contribution in [3.8, 4) is 0 Å². The first kappa shape index (κ1) is 14.8. The fourth-order valence-electron chi connectivity index (χ4n) is 1.15. The minimum Gasteiger partial charge on any atom is -0.512 e. The lowest BCUT2D eigenvalue weighted by molar-refractivity contribution is 0.409. The van der Waals surface area contributed by atoms with E-state index in [0.29, 0.717) is 5.76 Å². The summed E-state index contributed by atoms with van der Waals surface area (Å²) >= 11 is 0. The fourth-order valence-corrected chi connectivity index (χ4v) is 1.15. The van der Waals surface area contributed by atoms with Gasteiger partial charge in [0.1, 0.15) is 0 Å². The van der Waals surface area contributed by atoms with E-state index in [9.17, 15) is 5.11 Å². The lowest BCUT2D eigenvalue weighted by Gasteiger charge is -1.97. The van der Waals surface area contributed by atoms with Gasteiger partial charge in [0.05, 0.1) is 5.76 Å². The molecule has 0 atom stereocenters. The average molecular weight is 220 g/mol. The molecule has 0 aromatic rings. The topological polar surface area (TPSA) is 20.2 Å². The zero-order valence-corrected chi connectivity index (χ0v) is 11.2. The van der Waals surface area contributed by atoms with Crippen LogP contribution in [-0.4, -0.2) is 5.11 Å². The minimum absolute atomic E-state index is 0.381. The number of hydrogen-bond acceptors (Lipinski definition) is 1. The van der Waals surface area contributed by atoms with Gasteiger partial charge in [0, 0.05) is 0 Å². The first-order valence-electron chi connectivity index (χ1n) is 5.77. The fraction of sp³-hybridized carbons (Fsp3) is 0.467. The van der Waals surface area contributed by atoms with Gasteiger partial charge in [-0.1, -0.05) is 35.5 Å². The molecule has 0 saturated heterocycles. The van der Waals surface area contributed by atoms with Crippen LogP contribution in [0.15, 0.2) is 46.8 Å². The number of hydrogen-bond donors (Lipinski definition) is 1. The van der Waals surface area contributed by atoms with Crippen molar-refractivity contribution in [2.24, 2.45) is 0 Å². The normalized spacial score (nSPS) is 13.9. The maximum absolute atomic E-state index is 9.19. The highest BCUT2D eigenvalue weighted by Gasteiger charge is 1.88. The van der Waals surface area contributed by atoms with Crippen molar-refractivity contribution in [2.75, 3.05) is 0 Å². The summed E-state index contributed by atoms with van der Waals surface area (Å²) in [5.74, 6) is 0.381. The second-order valence-electron chi connectivity index (χ2n) is 4.46. The van der Waals surface area contributed by atoms with Crippen LogP contribution in [0.2, 0.25) is 0 Å². The lowest BCUT2D eigenvalue weighted by atomic mass is 10.1. The summed E-state index contributed by atoms with van der Waals surface area (Å²) in [5.41, 5.74) is 3.64. The Morgan fingerprint density at radius 2 is 1.69 bits per heavy atom. The molecule has 1 heteroatoms. The van der Waals surface area contributed by atoms with Crippen LogP contribution in [0, 0.1) is 0 Å². The van der Waals surface area contributed by atoms with Gasteiger partial charge in [-0.3, -0.25) is 0 Å². The maximum Gasteiger partial charge on any atom is 0.0920 e. The highest BCUT2D eigenvalue weighted by atomic mass is 16.3. The molecule has 0 amide bonds. The highest BCUT2D eigenvalue weighted by molar-refractivity contribution is 5.23. The minimum atomic E-state index is 0.381. The molecule has 0 aliphatic rings. The summed E-state index contributed by atoms with van der Waals surface area (Å²) in [7, 11) is 0. The lowest BCUT2D eigenvalue weighted by Crippen LogP contribution is -1.78. The Balaban J connectivity index is 4.15. The molecule has 0 saturated carbocycles. The Labute approximate surface area is 99.9 Å². The first-order valence-corrected chi connectivity index (χ1v) is 5.77. The van der Waals surface area contributed by atoms with Crippen LogP contribution in [0.5, 0.6) is 0 Å². The van der Waals surface area contributed by atoms with E-state index in [1.165, 1.54) is 11.1 Å². The van der Waals surface area contributed by atoms with Gasteiger partial charge in [-0.25, -0.2) is 0 Å². The molecule has 16 heavy (non-hydrogen) atoms. The van der Waals surface area contributed by atoms with E-state index in [4.69, 9.17) is 0 Å². The molecule has 1 nitrogen and oxygen atoms in total. The summed E-state index contributed by atoms with van der Waals surface area (Å²) in [6, 6.07) is 0. The summed E-state index contributed by atoms with van der Waals surface area (Å²) in [6.45, 7) is 9.98. The van der Waals surface area contributed by atoms with E-state index in [1.54, 1.807) is 6.92 Å². The first-order chi connectivity index (χ1) is 7.43. The summed E-state index contributed by atoms with van der Waals surface area (Å²) in [4.78, 5) is 0. The molecular formula is C15H24O. The molecule has 90 valence electrons. The molecule has 0 aromatic carbocycles. The Bertz CT molecular complexity index is 319. The quantitative estimate of drug-likeness (QED) is 0.389. The highest BCUT2D eigenvalue weighted by Crippen LogP contribution is 2.07. The van der Waals surface area contributed by atoms with Gasteiger partial charge >= 0.3 is 0 Å². The van der Waals surface area contributed by atoms with E-state index < -0.39 is 0 Å². The van der Waals surface area contributed by atoms with Gasteiger partial charge in [0.2, 0.25) is 0 Å². The van der Waals surface area contributed by atoms with Crippen molar-refractivity contribution < 1.29 is 5.11 Å². The molecule has 0 heterocycles. The molecule has 0 unspecified atom stereocenters. The van der Waals surface area contributed by atoms with Crippen molar-refractivity contribution in [1.82, 2.24) is 0 Å². The molecular weight excluding hydrogens is 196 g/mol. The Morgan fingerprint density at radius 1 is 1.06 bits per heavy atom. The van der Waals surface area contributed by atoms with Crippen molar-refractivity contribution >= 4 is 0 Å². The van der Waals surface area contributed by atoms with Crippen molar-refractivity contribution in [3.05, 3.63) is 46.8 Å². The van der Waals surface area contributed by atoms with Crippen LogP contribution >= 0.6 is 0 Å². The smallest absolute Gasteiger partial charge is 0.0920 e. The summed E-state index contributed by atoms with van der Waals surface area (Å²) in [6.07, 6.45) is 10.5. The molecule has 0 radical (unpaired) electrons. The summed E-state index contributed by atoms with van der Waals surface area (Å²) in [5, 5.41) is 9.19. The number of aliphatic hydroxyl groups excluding tert-OH is 1. The van der Waals surface area contributed by atoms with Crippen LogP contribution < -0.4 is 0 Å². The Morgan fingerprint density at radius 3 is 2.19 bits per heavy atom. The van der Waals surface area contributed by atoms with Crippen LogP contribution in [0.4, 0.5) is 0 Å². The average Bonchev–Trinajstić information content (AvgIpc) is 2.16. The predicted molar refractivity (Wildman–Crippen MR) is 72.6 cm³/mol. The van der Waals surface area contributed by atoms with E-state index >= 15 is 0 Å². The molecule has 0 fully saturated rings. The zero-order chi connectivity index (χ0) is 12.6. The molecule has 1 N–H and O–H groups in total. The van der Waals surface area contributed by atoms with Gasteiger partial charge in [0.15, 0.2) is 0 Å². The van der Waals surface area contributed by atoms with Gasteiger partial charge in [-0.2, -0.15) is 0 Å². The van der Waals surface area contributed by atoms with Gasteiger partial charge < -0.3 is 5.11 Å². The van der Waals surface area contributed by atoms with Crippen LogP contribution in [0.25, 0.3) is 0 Å².